The number of amides is 1. The third-order valence-corrected chi connectivity index (χ3v) is 4.83. The topological polar surface area (TPSA) is 68.9 Å². The van der Waals surface area contributed by atoms with Crippen LogP contribution in [0.15, 0.2) is 35.3 Å². The van der Waals surface area contributed by atoms with E-state index in [4.69, 9.17) is 0 Å². The maximum Gasteiger partial charge on any atom is 0.291 e. The maximum absolute atomic E-state index is 12.9. The zero-order chi connectivity index (χ0) is 18.8. The van der Waals surface area contributed by atoms with Crippen molar-refractivity contribution in [2.45, 2.75) is 39.7 Å². The van der Waals surface area contributed by atoms with Crippen molar-refractivity contribution in [3.05, 3.63) is 40.8 Å². The van der Waals surface area contributed by atoms with E-state index < -0.39 is 6.04 Å². The molecule has 6 heteroatoms. The highest BCUT2D eigenvalue weighted by molar-refractivity contribution is 6.08. The highest BCUT2D eigenvalue weighted by atomic mass is 16.2. The maximum atomic E-state index is 12.9. The van der Waals surface area contributed by atoms with E-state index >= 15 is 0 Å². The molecule has 2 aromatic heterocycles. The molecule has 0 saturated heterocycles. The summed E-state index contributed by atoms with van der Waals surface area (Å²) in [6.45, 7) is 6.88. The van der Waals surface area contributed by atoms with Gasteiger partial charge in [0.15, 0.2) is 0 Å². The van der Waals surface area contributed by atoms with Crippen molar-refractivity contribution in [3.63, 3.8) is 0 Å². The second-order valence-corrected chi connectivity index (χ2v) is 7.12. The van der Waals surface area contributed by atoms with Crippen LogP contribution in [0.3, 0.4) is 0 Å². The number of hydrogen-bond donors (Lipinski definition) is 1. The zero-order valence-electron chi connectivity index (χ0n) is 15.8. The van der Waals surface area contributed by atoms with Gasteiger partial charge in [0.25, 0.3) is 5.56 Å². The summed E-state index contributed by atoms with van der Waals surface area (Å²) in [5.74, 6) is 0.483. The van der Waals surface area contributed by atoms with Gasteiger partial charge in [0.1, 0.15) is 11.6 Å². The number of benzene rings is 1. The standard InChI is InChI=1S/C20H26N4O2/c1-5-16(19(25)21-11-10-13(2)3)24-17-9-7-6-8-14(17)15-12-22-23(4)20(26)18(15)24/h6-9,12-13,16H,5,10-11H2,1-4H3,(H,21,25). The van der Waals surface area contributed by atoms with E-state index in [1.54, 1.807) is 13.2 Å². The second-order valence-electron chi connectivity index (χ2n) is 7.12. The first-order valence-corrected chi connectivity index (χ1v) is 9.18. The van der Waals surface area contributed by atoms with E-state index in [1.807, 2.05) is 35.8 Å². The first kappa shape index (κ1) is 18.2. The van der Waals surface area contributed by atoms with Crippen LogP contribution in [-0.2, 0) is 11.8 Å². The fraction of sp³-hybridized carbons (Fsp3) is 0.450. The van der Waals surface area contributed by atoms with E-state index in [0.717, 1.165) is 22.7 Å². The third kappa shape index (κ3) is 3.11. The highest BCUT2D eigenvalue weighted by Gasteiger charge is 2.25. The van der Waals surface area contributed by atoms with Crippen molar-refractivity contribution in [2.75, 3.05) is 6.54 Å². The van der Waals surface area contributed by atoms with Crippen molar-refractivity contribution >= 4 is 27.7 Å². The predicted molar refractivity (Wildman–Crippen MR) is 104 cm³/mol. The molecule has 1 unspecified atom stereocenters. The number of para-hydroxylation sites is 1. The summed E-state index contributed by atoms with van der Waals surface area (Å²) in [5.41, 5.74) is 1.24. The lowest BCUT2D eigenvalue weighted by Gasteiger charge is -2.19. The number of aryl methyl sites for hydroxylation is 1. The molecule has 0 aliphatic rings. The average Bonchev–Trinajstić information content (AvgIpc) is 2.94. The number of carbonyl (C=O) groups excluding carboxylic acids is 1. The molecule has 0 fully saturated rings. The van der Waals surface area contributed by atoms with Crippen LogP contribution in [0, 0.1) is 5.92 Å². The van der Waals surface area contributed by atoms with Gasteiger partial charge in [0, 0.05) is 24.4 Å². The minimum absolute atomic E-state index is 0.0466. The molecule has 138 valence electrons. The van der Waals surface area contributed by atoms with Crippen LogP contribution >= 0.6 is 0 Å². The molecule has 0 saturated carbocycles. The van der Waals surface area contributed by atoms with Crippen molar-refractivity contribution in [1.29, 1.82) is 0 Å². The van der Waals surface area contributed by atoms with Gasteiger partial charge in [-0.2, -0.15) is 5.10 Å². The second kappa shape index (κ2) is 7.32. The molecule has 0 bridgehead atoms. The summed E-state index contributed by atoms with van der Waals surface area (Å²) < 4.78 is 3.21. The monoisotopic (exact) mass is 354 g/mol. The van der Waals surface area contributed by atoms with Crippen molar-refractivity contribution < 1.29 is 4.79 Å². The van der Waals surface area contributed by atoms with Crippen molar-refractivity contribution in [2.24, 2.45) is 13.0 Å². The number of nitrogens with zero attached hydrogens (tertiary/aromatic N) is 3. The van der Waals surface area contributed by atoms with E-state index in [2.05, 4.69) is 24.3 Å². The molecule has 0 spiro atoms. The molecule has 3 aromatic rings. The predicted octanol–water partition coefficient (Wildman–Crippen LogP) is 3.00. The Morgan fingerprint density at radius 3 is 2.65 bits per heavy atom. The molecule has 1 aromatic carbocycles. The lowest BCUT2D eigenvalue weighted by Crippen LogP contribution is -2.34. The highest BCUT2D eigenvalue weighted by Crippen LogP contribution is 2.30. The minimum Gasteiger partial charge on any atom is -0.354 e. The number of rotatable bonds is 6. The normalized spacial score (nSPS) is 12.8. The summed E-state index contributed by atoms with van der Waals surface area (Å²) in [5, 5.41) is 8.93. The van der Waals surface area contributed by atoms with E-state index in [0.29, 0.717) is 24.4 Å². The van der Waals surface area contributed by atoms with E-state index in [-0.39, 0.29) is 11.5 Å². The van der Waals surface area contributed by atoms with Crippen LogP contribution in [0.25, 0.3) is 21.8 Å². The van der Waals surface area contributed by atoms with Gasteiger partial charge in [-0.25, -0.2) is 4.68 Å². The van der Waals surface area contributed by atoms with Crippen LogP contribution in [-0.4, -0.2) is 26.8 Å². The molecule has 26 heavy (non-hydrogen) atoms. The largest absolute Gasteiger partial charge is 0.354 e. The Morgan fingerprint density at radius 2 is 1.96 bits per heavy atom. The molecule has 1 amide bonds. The Balaban J connectivity index is 2.16. The Labute approximate surface area is 152 Å². The Morgan fingerprint density at radius 1 is 1.23 bits per heavy atom. The summed E-state index contributed by atoms with van der Waals surface area (Å²) in [7, 11) is 1.63. The van der Waals surface area contributed by atoms with Crippen LogP contribution in [0.2, 0.25) is 0 Å². The fourth-order valence-electron chi connectivity index (χ4n) is 3.40. The van der Waals surface area contributed by atoms with E-state index in [1.165, 1.54) is 4.68 Å². The minimum atomic E-state index is -0.431. The molecule has 0 aliphatic heterocycles. The lowest BCUT2D eigenvalue weighted by atomic mass is 10.1. The van der Waals surface area contributed by atoms with Crippen LogP contribution in [0.1, 0.15) is 39.7 Å². The Bertz CT molecular complexity index is 1000. The SMILES string of the molecule is CCC(C(=O)NCCC(C)C)n1c2ccccc2c2cnn(C)c(=O)c21. The molecule has 6 nitrogen and oxygen atoms in total. The van der Waals surface area contributed by atoms with Crippen LogP contribution in [0.5, 0.6) is 0 Å². The fourth-order valence-corrected chi connectivity index (χ4v) is 3.40. The average molecular weight is 354 g/mol. The first-order chi connectivity index (χ1) is 12.5. The van der Waals surface area contributed by atoms with Gasteiger partial charge >= 0.3 is 0 Å². The van der Waals surface area contributed by atoms with Gasteiger partial charge in [0.05, 0.1) is 11.7 Å². The number of nitrogens with one attached hydrogen (secondary N) is 1. The molecule has 1 atom stereocenters. The zero-order valence-corrected chi connectivity index (χ0v) is 15.8. The third-order valence-electron chi connectivity index (χ3n) is 4.83. The van der Waals surface area contributed by atoms with Gasteiger partial charge in [-0.05, 0) is 24.8 Å². The van der Waals surface area contributed by atoms with Gasteiger partial charge in [0.2, 0.25) is 5.91 Å². The number of carbonyl (C=O) groups is 1. The summed E-state index contributed by atoms with van der Waals surface area (Å²) in [6.07, 6.45) is 3.24. The molecule has 0 aliphatic carbocycles. The number of aromatic nitrogens is 3. The molecule has 1 N–H and O–H groups in total. The smallest absolute Gasteiger partial charge is 0.291 e. The van der Waals surface area contributed by atoms with Gasteiger partial charge < -0.3 is 9.88 Å². The number of fused-ring (bicyclic) bond motifs is 3. The van der Waals surface area contributed by atoms with Gasteiger partial charge in [-0.15, -0.1) is 0 Å². The summed E-state index contributed by atoms with van der Waals surface area (Å²) >= 11 is 0. The van der Waals surface area contributed by atoms with Crippen molar-refractivity contribution in [1.82, 2.24) is 19.7 Å². The molecule has 0 radical (unpaired) electrons. The Kier molecular flexibility index (Phi) is 5.11. The van der Waals surface area contributed by atoms with Crippen LogP contribution in [0.4, 0.5) is 0 Å². The van der Waals surface area contributed by atoms with Gasteiger partial charge in [-0.1, -0.05) is 39.0 Å². The van der Waals surface area contributed by atoms with E-state index in [9.17, 15) is 9.59 Å². The van der Waals surface area contributed by atoms with Gasteiger partial charge in [-0.3, -0.25) is 9.59 Å². The number of hydrogen-bond acceptors (Lipinski definition) is 3. The molecule has 3 rings (SSSR count). The first-order valence-electron chi connectivity index (χ1n) is 9.18. The van der Waals surface area contributed by atoms with Crippen molar-refractivity contribution in [3.8, 4) is 0 Å². The molecular weight excluding hydrogens is 328 g/mol. The summed E-state index contributed by atoms with van der Waals surface area (Å²) in [6, 6.07) is 7.36. The molecule has 2 heterocycles. The quantitative estimate of drug-likeness (QED) is 0.740. The Hall–Kier alpha value is -2.63. The summed E-state index contributed by atoms with van der Waals surface area (Å²) in [4.78, 5) is 25.7. The molecular formula is C20H26N4O2. The lowest BCUT2D eigenvalue weighted by molar-refractivity contribution is -0.124. The van der Waals surface area contributed by atoms with Crippen LogP contribution < -0.4 is 10.9 Å².